The molecule has 148 valence electrons. The van der Waals surface area contributed by atoms with Crippen molar-refractivity contribution < 1.29 is 19.2 Å². The number of amides is 2. The fourth-order valence-corrected chi connectivity index (χ4v) is 2.92. The molecule has 29 heavy (non-hydrogen) atoms. The largest absolute Gasteiger partial charge is 0.496 e. The van der Waals surface area contributed by atoms with Gasteiger partial charge in [0.05, 0.1) is 23.1 Å². The van der Waals surface area contributed by atoms with Crippen LogP contribution in [0, 0.1) is 10.1 Å². The van der Waals surface area contributed by atoms with Crippen LogP contribution < -0.4 is 15.8 Å². The van der Waals surface area contributed by atoms with Crippen molar-refractivity contribution in [3.05, 3.63) is 76.0 Å². The summed E-state index contributed by atoms with van der Waals surface area (Å²) >= 11 is 0. The number of fused-ring (bicyclic) bond motifs is 1. The summed E-state index contributed by atoms with van der Waals surface area (Å²) in [5.74, 6) is -0.958. The van der Waals surface area contributed by atoms with Gasteiger partial charge in [-0.25, -0.2) is 0 Å². The summed E-state index contributed by atoms with van der Waals surface area (Å²) in [6.45, 7) is 0. The van der Waals surface area contributed by atoms with Crippen LogP contribution in [-0.2, 0) is 11.2 Å². The Morgan fingerprint density at radius 3 is 2.69 bits per heavy atom. The number of nitro groups is 1. The first-order chi connectivity index (χ1) is 13.9. The molecule has 0 radical (unpaired) electrons. The molecule has 1 aromatic heterocycles. The minimum atomic E-state index is -1.09. The number of nitro benzene ring substituents is 1. The number of hydrogen-bond donors (Lipinski definition) is 2. The molecule has 0 saturated carbocycles. The average Bonchev–Trinajstić information content (AvgIpc) is 2.72. The van der Waals surface area contributed by atoms with E-state index in [-0.39, 0.29) is 17.7 Å². The normalized spacial score (nSPS) is 11.6. The lowest BCUT2D eigenvalue weighted by Crippen LogP contribution is -2.45. The number of benzene rings is 2. The van der Waals surface area contributed by atoms with Crippen molar-refractivity contribution in [2.45, 2.75) is 12.5 Å². The first kappa shape index (κ1) is 19.7. The first-order valence-electron chi connectivity index (χ1n) is 8.65. The summed E-state index contributed by atoms with van der Waals surface area (Å²) in [7, 11) is 1.41. The van der Waals surface area contributed by atoms with Crippen LogP contribution in [0.25, 0.3) is 10.9 Å². The van der Waals surface area contributed by atoms with Gasteiger partial charge >= 0.3 is 0 Å². The number of aromatic nitrogens is 1. The van der Waals surface area contributed by atoms with E-state index in [1.165, 1.54) is 31.5 Å². The van der Waals surface area contributed by atoms with Gasteiger partial charge in [-0.15, -0.1) is 0 Å². The first-order valence-corrected chi connectivity index (χ1v) is 8.65. The number of hydrogen-bond acceptors (Lipinski definition) is 6. The summed E-state index contributed by atoms with van der Waals surface area (Å²) < 4.78 is 5.20. The van der Waals surface area contributed by atoms with Gasteiger partial charge in [0.25, 0.3) is 11.6 Å². The van der Waals surface area contributed by atoms with E-state index < -0.39 is 22.8 Å². The Labute approximate surface area is 165 Å². The minimum absolute atomic E-state index is 0.0626. The molecular formula is C20H18N4O5. The van der Waals surface area contributed by atoms with Crippen LogP contribution >= 0.6 is 0 Å². The molecule has 0 bridgehead atoms. The molecule has 0 fully saturated rings. The Hall–Kier alpha value is -4.01. The zero-order valence-corrected chi connectivity index (χ0v) is 15.5. The lowest BCUT2D eigenvalue weighted by Gasteiger charge is -2.17. The van der Waals surface area contributed by atoms with Gasteiger partial charge in [0.1, 0.15) is 11.8 Å². The Bertz CT molecular complexity index is 1100. The average molecular weight is 394 g/mol. The van der Waals surface area contributed by atoms with Gasteiger partial charge in [0, 0.05) is 35.7 Å². The van der Waals surface area contributed by atoms with Gasteiger partial charge in [-0.05, 0) is 18.2 Å². The van der Waals surface area contributed by atoms with Crippen LogP contribution in [0.15, 0.2) is 54.7 Å². The quantitative estimate of drug-likeness (QED) is 0.464. The molecule has 0 saturated heterocycles. The highest BCUT2D eigenvalue weighted by molar-refractivity contribution is 5.99. The molecule has 3 rings (SSSR count). The summed E-state index contributed by atoms with van der Waals surface area (Å²) in [6, 6.07) is 11.9. The number of methoxy groups -OCH3 is 1. The molecule has 3 aromatic rings. The predicted octanol–water partition coefficient (Wildman–Crippen LogP) is 1.98. The van der Waals surface area contributed by atoms with Crippen LogP contribution in [-0.4, -0.2) is 34.9 Å². The van der Waals surface area contributed by atoms with E-state index in [0.29, 0.717) is 11.3 Å². The van der Waals surface area contributed by atoms with Gasteiger partial charge in [-0.1, -0.05) is 18.2 Å². The molecule has 0 aliphatic carbocycles. The molecule has 0 unspecified atom stereocenters. The van der Waals surface area contributed by atoms with Gasteiger partial charge in [-0.3, -0.25) is 24.7 Å². The molecule has 0 aliphatic rings. The molecule has 2 aromatic carbocycles. The predicted molar refractivity (Wildman–Crippen MR) is 106 cm³/mol. The van der Waals surface area contributed by atoms with Crippen LogP contribution in [0.2, 0.25) is 0 Å². The topological polar surface area (TPSA) is 137 Å². The number of nitrogens with two attached hydrogens (primary N) is 1. The van der Waals surface area contributed by atoms with Crippen LogP contribution in [0.3, 0.4) is 0 Å². The number of carbonyl (C=O) groups excluding carboxylic acids is 2. The standard InChI is InChI=1S/C20H18N4O5/c1-29-18-7-6-15(24(27)28)9-13(18)10-17(19(21)25)23-20(26)14-8-12-4-2-3-5-16(12)22-11-14/h2-9,11,17H,10H2,1H3,(H2,21,25)(H,23,26)/t17-/m0/s1. The van der Waals surface area contributed by atoms with Gasteiger partial charge in [0.15, 0.2) is 0 Å². The number of primary amides is 1. The number of nitrogens with one attached hydrogen (secondary N) is 1. The van der Waals surface area contributed by atoms with Crippen LogP contribution in [0.4, 0.5) is 5.69 Å². The summed E-state index contributed by atoms with van der Waals surface area (Å²) in [5.41, 5.74) is 6.66. The number of para-hydroxylation sites is 1. The fraction of sp³-hybridized carbons (Fsp3) is 0.150. The Morgan fingerprint density at radius 2 is 2.00 bits per heavy atom. The highest BCUT2D eigenvalue weighted by Crippen LogP contribution is 2.25. The van der Waals surface area contributed by atoms with Crippen molar-refractivity contribution in [1.82, 2.24) is 10.3 Å². The van der Waals surface area contributed by atoms with Crippen molar-refractivity contribution in [1.29, 1.82) is 0 Å². The second-order valence-corrected chi connectivity index (χ2v) is 6.30. The van der Waals surface area contributed by atoms with E-state index in [1.807, 2.05) is 24.3 Å². The van der Waals surface area contributed by atoms with Gasteiger partial charge < -0.3 is 15.8 Å². The van der Waals surface area contributed by atoms with Crippen molar-refractivity contribution in [2.24, 2.45) is 5.73 Å². The number of rotatable bonds is 7. The second-order valence-electron chi connectivity index (χ2n) is 6.30. The fourth-order valence-electron chi connectivity index (χ4n) is 2.92. The Kier molecular flexibility index (Phi) is 5.68. The third kappa shape index (κ3) is 4.46. The van der Waals surface area contributed by atoms with Gasteiger partial charge in [-0.2, -0.15) is 0 Å². The van der Waals surface area contributed by atoms with Crippen LogP contribution in [0.1, 0.15) is 15.9 Å². The number of ether oxygens (including phenoxy) is 1. The number of carbonyl (C=O) groups is 2. The highest BCUT2D eigenvalue weighted by Gasteiger charge is 2.23. The van der Waals surface area contributed by atoms with E-state index in [0.717, 1.165) is 10.9 Å². The molecule has 1 heterocycles. The lowest BCUT2D eigenvalue weighted by molar-refractivity contribution is -0.384. The van der Waals surface area contributed by atoms with E-state index in [4.69, 9.17) is 10.5 Å². The molecule has 0 aliphatic heterocycles. The van der Waals surface area contributed by atoms with E-state index in [1.54, 1.807) is 6.07 Å². The van der Waals surface area contributed by atoms with Crippen molar-refractivity contribution in [3.8, 4) is 5.75 Å². The lowest BCUT2D eigenvalue weighted by atomic mass is 10.0. The minimum Gasteiger partial charge on any atom is -0.496 e. The molecule has 3 N–H and O–H groups in total. The second kappa shape index (κ2) is 8.34. The maximum absolute atomic E-state index is 12.6. The molecule has 2 amide bonds. The molecule has 9 nitrogen and oxygen atoms in total. The molecule has 9 heteroatoms. The summed E-state index contributed by atoms with van der Waals surface area (Å²) in [5, 5.41) is 14.4. The van der Waals surface area contributed by atoms with Gasteiger partial charge in [0.2, 0.25) is 5.91 Å². The molecule has 1 atom stereocenters. The van der Waals surface area contributed by atoms with Crippen LogP contribution in [0.5, 0.6) is 5.75 Å². The molecule has 0 spiro atoms. The number of nitrogens with zero attached hydrogens (tertiary/aromatic N) is 2. The number of non-ortho nitro benzene ring substituents is 1. The van der Waals surface area contributed by atoms with Crippen molar-refractivity contribution in [3.63, 3.8) is 0 Å². The summed E-state index contributed by atoms with van der Waals surface area (Å²) in [4.78, 5) is 39.3. The SMILES string of the molecule is COc1ccc([N+](=O)[O-])cc1C[C@H](NC(=O)c1cnc2ccccc2c1)C(N)=O. The maximum atomic E-state index is 12.6. The smallest absolute Gasteiger partial charge is 0.269 e. The van der Waals surface area contributed by atoms with Crippen molar-refractivity contribution in [2.75, 3.05) is 7.11 Å². The van der Waals surface area contributed by atoms with E-state index in [2.05, 4.69) is 10.3 Å². The Balaban J connectivity index is 1.84. The third-order valence-corrected chi connectivity index (χ3v) is 4.40. The Morgan fingerprint density at radius 1 is 1.24 bits per heavy atom. The highest BCUT2D eigenvalue weighted by atomic mass is 16.6. The molecular weight excluding hydrogens is 376 g/mol. The zero-order chi connectivity index (χ0) is 21.0. The zero-order valence-electron chi connectivity index (χ0n) is 15.5. The third-order valence-electron chi connectivity index (χ3n) is 4.40. The van der Waals surface area contributed by atoms with E-state index >= 15 is 0 Å². The monoisotopic (exact) mass is 394 g/mol. The maximum Gasteiger partial charge on any atom is 0.269 e. The van der Waals surface area contributed by atoms with E-state index in [9.17, 15) is 19.7 Å². The number of pyridine rings is 1. The summed E-state index contributed by atoms with van der Waals surface area (Å²) in [6.07, 6.45) is 1.34. The van der Waals surface area contributed by atoms with Crippen molar-refractivity contribution >= 4 is 28.4 Å².